The summed E-state index contributed by atoms with van der Waals surface area (Å²) in [5, 5.41) is 10.1. The van der Waals surface area contributed by atoms with E-state index >= 15 is 0 Å². The molecule has 6 nitrogen and oxygen atoms in total. The lowest BCUT2D eigenvalue weighted by molar-refractivity contribution is 0.412. The van der Waals surface area contributed by atoms with Gasteiger partial charge in [0.2, 0.25) is 5.88 Å². The first kappa shape index (κ1) is 13.2. The molecular weight excluding hydrogens is 264 g/mol. The van der Waals surface area contributed by atoms with Crippen molar-refractivity contribution in [2.24, 2.45) is 9.98 Å². The minimum atomic E-state index is -0.469. The van der Waals surface area contributed by atoms with Crippen LogP contribution in [0.3, 0.4) is 0 Å². The molecule has 0 atom stereocenters. The van der Waals surface area contributed by atoms with Crippen molar-refractivity contribution in [2.45, 2.75) is 13.5 Å². The molecule has 1 aliphatic rings. The molecule has 1 aliphatic heterocycles. The van der Waals surface area contributed by atoms with Crippen molar-refractivity contribution in [3.8, 4) is 5.88 Å². The van der Waals surface area contributed by atoms with E-state index in [0.29, 0.717) is 18.1 Å². The van der Waals surface area contributed by atoms with Gasteiger partial charge in [-0.05, 0) is 25.2 Å². The van der Waals surface area contributed by atoms with Gasteiger partial charge in [-0.25, -0.2) is 9.98 Å². The van der Waals surface area contributed by atoms with Gasteiger partial charge in [-0.1, -0.05) is 6.08 Å². The minimum absolute atomic E-state index is 0.0929. The zero-order valence-electron chi connectivity index (χ0n) is 10.3. The van der Waals surface area contributed by atoms with Crippen LogP contribution in [-0.4, -0.2) is 26.7 Å². The first-order chi connectivity index (χ1) is 9.02. The van der Waals surface area contributed by atoms with Crippen LogP contribution in [0.15, 0.2) is 33.1 Å². The monoisotopic (exact) mass is 276 g/mol. The van der Waals surface area contributed by atoms with Crippen LogP contribution in [-0.2, 0) is 6.54 Å². The van der Waals surface area contributed by atoms with Crippen LogP contribution in [0.25, 0.3) is 6.08 Å². The highest BCUT2D eigenvalue weighted by atomic mass is 32.1. The third-order valence-electron chi connectivity index (χ3n) is 2.49. The number of aromatic hydroxyl groups is 1. The normalized spacial score (nSPS) is 15.8. The summed E-state index contributed by atoms with van der Waals surface area (Å²) in [6, 6.07) is 0. The summed E-state index contributed by atoms with van der Waals surface area (Å²) in [5.41, 5.74) is 0.124. The fourth-order valence-corrected chi connectivity index (χ4v) is 1.88. The number of aromatic amines is 1. The van der Waals surface area contributed by atoms with Gasteiger partial charge in [-0.3, -0.25) is 14.3 Å². The topological polar surface area (TPSA) is 82.7 Å². The Morgan fingerprint density at radius 1 is 1.63 bits per heavy atom. The molecule has 0 amide bonds. The summed E-state index contributed by atoms with van der Waals surface area (Å²) in [6.45, 7) is 5.62. The van der Waals surface area contributed by atoms with Crippen molar-refractivity contribution in [2.75, 3.05) is 0 Å². The van der Waals surface area contributed by atoms with Gasteiger partial charge in [0.15, 0.2) is 4.77 Å². The molecule has 19 heavy (non-hydrogen) atoms. The molecule has 98 valence electrons. The first-order valence-electron chi connectivity index (χ1n) is 5.51. The third-order valence-corrected chi connectivity index (χ3v) is 2.81. The number of rotatable bonds is 3. The molecule has 1 aromatic rings. The summed E-state index contributed by atoms with van der Waals surface area (Å²) < 4.78 is 1.52. The maximum absolute atomic E-state index is 11.8. The second kappa shape index (κ2) is 5.15. The third kappa shape index (κ3) is 2.60. The van der Waals surface area contributed by atoms with Crippen LogP contribution >= 0.6 is 12.2 Å². The average molecular weight is 276 g/mol. The lowest BCUT2D eigenvalue weighted by Gasteiger charge is -2.08. The number of nitrogens with zero attached hydrogens (tertiary/aromatic N) is 3. The summed E-state index contributed by atoms with van der Waals surface area (Å²) >= 11 is 4.98. The second-order valence-electron chi connectivity index (χ2n) is 3.88. The quantitative estimate of drug-likeness (QED) is 0.650. The number of aromatic nitrogens is 2. The fourth-order valence-electron chi connectivity index (χ4n) is 1.63. The van der Waals surface area contributed by atoms with Crippen molar-refractivity contribution in [1.82, 2.24) is 9.55 Å². The molecule has 7 heteroatoms. The summed E-state index contributed by atoms with van der Waals surface area (Å²) in [7, 11) is 0. The van der Waals surface area contributed by atoms with E-state index in [0.717, 1.165) is 0 Å². The van der Waals surface area contributed by atoms with Crippen molar-refractivity contribution in [3.63, 3.8) is 0 Å². The maximum atomic E-state index is 11.8. The average Bonchev–Trinajstić information content (AvgIpc) is 2.76. The predicted octanol–water partition coefficient (Wildman–Crippen LogP) is 1.64. The molecule has 0 bridgehead atoms. The van der Waals surface area contributed by atoms with Gasteiger partial charge < -0.3 is 5.11 Å². The fraction of sp³-hybridized carbons (Fsp3) is 0.167. The molecule has 0 radical (unpaired) electrons. The van der Waals surface area contributed by atoms with Crippen LogP contribution in [0.4, 0.5) is 0 Å². The summed E-state index contributed by atoms with van der Waals surface area (Å²) in [6.07, 6.45) is 4.56. The van der Waals surface area contributed by atoms with E-state index in [1.807, 2.05) is 0 Å². The van der Waals surface area contributed by atoms with E-state index < -0.39 is 5.56 Å². The highest BCUT2D eigenvalue weighted by molar-refractivity contribution is 7.71. The molecule has 0 aromatic carbocycles. The Kier molecular flexibility index (Phi) is 3.57. The molecule has 2 N–H and O–H groups in total. The zero-order chi connectivity index (χ0) is 14.0. The predicted molar refractivity (Wildman–Crippen MR) is 77.3 cm³/mol. The molecule has 0 spiro atoms. The largest absolute Gasteiger partial charge is 0.494 e. The molecule has 0 aliphatic carbocycles. The Balaban J connectivity index is 2.62. The van der Waals surface area contributed by atoms with Crippen LogP contribution in [0.1, 0.15) is 12.5 Å². The Hall–Kier alpha value is -2.28. The van der Waals surface area contributed by atoms with Crippen molar-refractivity contribution < 1.29 is 5.11 Å². The van der Waals surface area contributed by atoms with Crippen molar-refractivity contribution >= 4 is 30.3 Å². The molecule has 0 saturated heterocycles. The lowest BCUT2D eigenvalue weighted by atomic mass is 10.2. The van der Waals surface area contributed by atoms with E-state index in [2.05, 4.69) is 21.5 Å². The summed E-state index contributed by atoms with van der Waals surface area (Å²) in [5.74, 6) is 0.385. The van der Waals surface area contributed by atoms with Gasteiger partial charge in [-0.15, -0.1) is 6.58 Å². The smallest absolute Gasteiger partial charge is 0.262 e. The van der Waals surface area contributed by atoms with Gasteiger partial charge in [-0.2, -0.15) is 0 Å². The molecule has 2 rings (SSSR count). The van der Waals surface area contributed by atoms with Gasteiger partial charge >= 0.3 is 0 Å². The standard InChI is InChI=1S/C12H12N4O2S/c1-3-4-16-11(18)9(10(17)15-12(16)19)5-8-6-13-7(2)14-8/h3,5-6,18H,1,4H2,2H3,(H,15,17,19). The summed E-state index contributed by atoms with van der Waals surface area (Å²) in [4.78, 5) is 22.4. The highest BCUT2D eigenvalue weighted by Gasteiger charge is 2.11. The Bertz CT molecular complexity index is 737. The molecule has 0 fully saturated rings. The Labute approximate surface area is 114 Å². The van der Waals surface area contributed by atoms with E-state index in [-0.39, 0.29) is 16.2 Å². The molecule has 0 saturated carbocycles. The van der Waals surface area contributed by atoms with Gasteiger partial charge in [0.25, 0.3) is 5.56 Å². The number of allylic oxidation sites excluding steroid dienone is 2. The highest BCUT2D eigenvalue weighted by Crippen LogP contribution is 2.17. The molecule has 1 aromatic heterocycles. The Morgan fingerprint density at radius 2 is 2.37 bits per heavy atom. The SMILES string of the molecule is C=CCn1c(O)c(C=C2C=NC(C)=N2)c(=O)[nH]c1=S. The maximum Gasteiger partial charge on any atom is 0.262 e. The number of hydrogen-bond acceptors (Lipinski definition) is 5. The number of hydrogen-bond donors (Lipinski definition) is 2. The van der Waals surface area contributed by atoms with E-state index in [1.54, 1.807) is 13.0 Å². The number of nitrogens with one attached hydrogen (secondary N) is 1. The zero-order valence-corrected chi connectivity index (χ0v) is 11.1. The van der Waals surface area contributed by atoms with Gasteiger partial charge in [0, 0.05) is 6.54 Å². The lowest BCUT2D eigenvalue weighted by Crippen LogP contribution is -2.16. The van der Waals surface area contributed by atoms with Gasteiger partial charge in [0.1, 0.15) is 11.4 Å². The van der Waals surface area contributed by atoms with Crippen molar-refractivity contribution in [1.29, 1.82) is 0 Å². The van der Waals surface area contributed by atoms with Crippen LogP contribution in [0, 0.1) is 4.77 Å². The van der Waals surface area contributed by atoms with Crippen LogP contribution in [0.2, 0.25) is 0 Å². The number of amidine groups is 1. The van der Waals surface area contributed by atoms with Crippen molar-refractivity contribution in [3.05, 3.63) is 39.0 Å². The minimum Gasteiger partial charge on any atom is -0.494 e. The van der Waals surface area contributed by atoms with E-state index in [9.17, 15) is 9.90 Å². The Morgan fingerprint density at radius 3 is 2.95 bits per heavy atom. The van der Waals surface area contributed by atoms with E-state index in [1.165, 1.54) is 16.9 Å². The number of aliphatic imine (C=N–C) groups is 2. The molecular formula is C12H12N4O2S. The molecule has 0 unspecified atom stereocenters. The van der Waals surface area contributed by atoms with E-state index in [4.69, 9.17) is 12.2 Å². The number of H-pyrrole nitrogens is 1. The van der Waals surface area contributed by atoms with Gasteiger partial charge in [0.05, 0.1) is 11.9 Å². The second-order valence-corrected chi connectivity index (χ2v) is 4.27. The van der Waals surface area contributed by atoms with Crippen LogP contribution < -0.4 is 5.56 Å². The molecule has 2 heterocycles. The first-order valence-corrected chi connectivity index (χ1v) is 5.92. The van der Waals surface area contributed by atoms with Crippen LogP contribution in [0.5, 0.6) is 5.88 Å².